The van der Waals surface area contributed by atoms with Crippen LogP contribution in [0.25, 0.3) is 0 Å². The second-order valence-electron chi connectivity index (χ2n) is 5.67. The molecule has 1 saturated carbocycles. The van der Waals surface area contributed by atoms with Gasteiger partial charge >= 0.3 is 0 Å². The van der Waals surface area contributed by atoms with Crippen molar-refractivity contribution >= 4 is 0 Å². The van der Waals surface area contributed by atoms with E-state index in [1.54, 1.807) is 0 Å². The van der Waals surface area contributed by atoms with Crippen molar-refractivity contribution in [3.05, 3.63) is 0 Å². The highest BCUT2D eigenvalue weighted by atomic mass is 14.9. The van der Waals surface area contributed by atoms with Gasteiger partial charge in [-0.1, -0.05) is 33.6 Å². The van der Waals surface area contributed by atoms with Gasteiger partial charge in [0.15, 0.2) is 0 Å². The van der Waals surface area contributed by atoms with Crippen LogP contribution in [0.5, 0.6) is 0 Å². The van der Waals surface area contributed by atoms with Crippen molar-refractivity contribution in [3.63, 3.8) is 0 Å². The molecule has 1 fully saturated rings. The predicted octanol–water partition coefficient (Wildman–Crippen LogP) is 3.59. The summed E-state index contributed by atoms with van der Waals surface area (Å²) < 4.78 is 0. The largest absolute Gasteiger partial charge is 0.311 e. The third-order valence-electron chi connectivity index (χ3n) is 3.28. The Labute approximate surface area is 89.7 Å². The van der Waals surface area contributed by atoms with E-state index < -0.39 is 0 Å². The monoisotopic (exact) mass is 197 g/mol. The third kappa shape index (κ3) is 4.45. The summed E-state index contributed by atoms with van der Waals surface area (Å²) in [5.74, 6) is 1.76. The van der Waals surface area contributed by atoms with E-state index in [-0.39, 0.29) is 0 Å². The van der Waals surface area contributed by atoms with Crippen LogP contribution in [0, 0.1) is 11.8 Å². The normalized spacial score (nSPS) is 30.6. The molecule has 0 aromatic carbocycles. The van der Waals surface area contributed by atoms with Crippen LogP contribution in [-0.2, 0) is 0 Å². The molecule has 0 spiro atoms. The first kappa shape index (κ1) is 12.0. The second kappa shape index (κ2) is 5.75. The van der Waals surface area contributed by atoms with Crippen molar-refractivity contribution in [3.8, 4) is 0 Å². The van der Waals surface area contributed by atoms with Crippen molar-refractivity contribution in [2.75, 3.05) is 0 Å². The fourth-order valence-electron chi connectivity index (χ4n) is 2.76. The van der Waals surface area contributed by atoms with Gasteiger partial charge in [-0.05, 0) is 38.0 Å². The summed E-state index contributed by atoms with van der Waals surface area (Å²) in [4.78, 5) is 0. The lowest BCUT2D eigenvalue weighted by Crippen LogP contribution is -2.39. The van der Waals surface area contributed by atoms with Crippen molar-refractivity contribution in [1.82, 2.24) is 5.32 Å². The number of hydrogen-bond acceptors (Lipinski definition) is 1. The molecule has 1 heteroatoms. The summed E-state index contributed by atoms with van der Waals surface area (Å²) in [6, 6.07) is 1.50. The van der Waals surface area contributed by atoms with E-state index in [4.69, 9.17) is 0 Å². The van der Waals surface area contributed by atoms with Crippen LogP contribution in [0.1, 0.15) is 59.8 Å². The van der Waals surface area contributed by atoms with Crippen LogP contribution in [0.3, 0.4) is 0 Å². The zero-order valence-electron chi connectivity index (χ0n) is 10.3. The second-order valence-corrected chi connectivity index (χ2v) is 5.67. The summed E-state index contributed by atoms with van der Waals surface area (Å²) in [6.45, 7) is 9.34. The molecule has 1 N–H and O–H groups in total. The van der Waals surface area contributed by atoms with E-state index in [1.165, 1.54) is 32.1 Å². The van der Waals surface area contributed by atoms with E-state index in [0.717, 1.165) is 17.9 Å². The van der Waals surface area contributed by atoms with Crippen molar-refractivity contribution < 1.29 is 0 Å². The number of nitrogens with one attached hydrogen (secondary N) is 1. The molecule has 0 amide bonds. The summed E-state index contributed by atoms with van der Waals surface area (Å²) in [7, 11) is 0. The smallest absolute Gasteiger partial charge is 0.00720 e. The van der Waals surface area contributed by atoms with Crippen LogP contribution in [0.15, 0.2) is 0 Å². The van der Waals surface area contributed by atoms with Crippen LogP contribution in [0.2, 0.25) is 0 Å². The lowest BCUT2D eigenvalue weighted by Gasteiger charge is -2.30. The molecule has 14 heavy (non-hydrogen) atoms. The fraction of sp³-hybridized carbons (Fsp3) is 1.00. The Kier molecular flexibility index (Phi) is 4.94. The molecule has 0 aromatic rings. The third-order valence-corrected chi connectivity index (χ3v) is 3.28. The standard InChI is InChI=1S/C13H27N/c1-10(2)8-12(4)14-13-7-5-6-11(3)9-13/h10-14H,5-9H2,1-4H3. The van der Waals surface area contributed by atoms with Gasteiger partial charge in [0.05, 0.1) is 0 Å². The van der Waals surface area contributed by atoms with Crippen LogP contribution in [0.4, 0.5) is 0 Å². The highest BCUT2D eigenvalue weighted by Gasteiger charge is 2.20. The number of hydrogen-bond donors (Lipinski definition) is 1. The maximum Gasteiger partial charge on any atom is 0.00720 e. The van der Waals surface area contributed by atoms with Gasteiger partial charge in [-0.2, -0.15) is 0 Å². The fourth-order valence-corrected chi connectivity index (χ4v) is 2.76. The van der Waals surface area contributed by atoms with Crippen molar-refractivity contribution in [2.45, 2.75) is 71.9 Å². The topological polar surface area (TPSA) is 12.0 Å². The van der Waals surface area contributed by atoms with Gasteiger partial charge in [-0.25, -0.2) is 0 Å². The van der Waals surface area contributed by atoms with Crippen molar-refractivity contribution in [1.29, 1.82) is 0 Å². The predicted molar refractivity (Wildman–Crippen MR) is 63.5 cm³/mol. The Morgan fingerprint density at radius 3 is 2.50 bits per heavy atom. The molecule has 0 bridgehead atoms. The molecule has 0 radical (unpaired) electrons. The Bertz CT molecular complexity index is 153. The molecule has 3 atom stereocenters. The highest BCUT2D eigenvalue weighted by molar-refractivity contribution is 4.78. The van der Waals surface area contributed by atoms with E-state index in [9.17, 15) is 0 Å². The maximum absolute atomic E-state index is 3.78. The molecule has 0 heterocycles. The first-order valence-electron chi connectivity index (χ1n) is 6.34. The summed E-state index contributed by atoms with van der Waals surface area (Å²) in [5, 5.41) is 3.78. The molecular formula is C13H27N. The molecule has 0 saturated heterocycles. The Hall–Kier alpha value is -0.0400. The summed E-state index contributed by atoms with van der Waals surface area (Å²) in [6.07, 6.45) is 6.96. The zero-order chi connectivity index (χ0) is 10.6. The van der Waals surface area contributed by atoms with Crippen molar-refractivity contribution in [2.24, 2.45) is 11.8 Å². The molecular weight excluding hydrogens is 170 g/mol. The summed E-state index contributed by atoms with van der Waals surface area (Å²) >= 11 is 0. The van der Waals surface area contributed by atoms with Gasteiger partial charge in [0.2, 0.25) is 0 Å². The molecule has 3 unspecified atom stereocenters. The lowest BCUT2D eigenvalue weighted by atomic mass is 9.86. The zero-order valence-corrected chi connectivity index (χ0v) is 10.3. The Morgan fingerprint density at radius 2 is 1.93 bits per heavy atom. The first-order chi connectivity index (χ1) is 6.58. The lowest BCUT2D eigenvalue weighted by molar-refractivity contribution is 0.273. The van der Waals surface area contributed by atoms with E-state index in [2.05, 4.69) is 33.0 Å². The van der Waals surface area contributed by atoms with Crippen LogP contribution >= 0.6 is 0 Å². The van der Waals surface area contributed by atoms with Crippen LogP contribution < -0.4 is 5.32 Å². The molecule has 0 aliphatic heterocycles. The minimum absolute atomic E-state index is 0.699. The molecule has 1 rings (SSSR count). The van der Waals surface area contributed by atoms with Gasteiger partial charge in [-0.15, -0.1) is 0 Å². The average Bonchev–Trinajstić information content (AvgIpc) is 2.01. The Morgan fingerprint density at radius 1 is 1.21 bits per heavy atom. The van der Waals surface area contributed by atoms with Crippen LogP contribution in [-0.4, -0.2) is 12.1 Å². The van der Waals surface area contributed by atoms with Gasteiger partial charge < -0.3 is 5.32 Å². The number of rotatable bonds is 4. The molecule has 1 aliphatic carbocycles. The maximum atomic E-state index is 3.78. The molecule has 0 aromatic heterocycles. The van der Waals surface area contributed by atoms with E-state index in [1.807, 2.05) is 0 Å². The van der Waals surface area contributed by atoms with Gasteiger partial charge in [0.25, 0.3) is 0 Å². The summed E-state index contributed by atoms with van der Waals surface area (Å²) in [5.41, 5.74) is 0. The van der Waals surface area contributed by atoms with E-state index >= 15 is 0 Å². The molecule has 1 nitrogen and oxygen atoms in total. The average molecular weight is 197 g/mol. The SMILES string of the molecule is CC(C)CC(C)NC1CCCC(C)C1. The minimum atomic E-state index is 0.699. The van der Waals surface area contributed by atoms with Gasteiger partial charge in [0.1, 0.15) is 0 Å². The minimum Gasteiger partial charge on any atom is -0.311 e. The van der Waals surface area contributed by atoms with Gasteiger partial charge in [0, 0.05) is 12.1 Å². The quantitative estimate of drug-likeness (QED) is 0.726. The first-order valence-corrected chi connectivity index (χ1v) is 6.34. The molecule has 1 aliphatic rings. The highest BCUT2D eigenvalue weighted by Crippen LogP contribution is 2.24. The van der Waals surface area contributed by atoms with Gasteiger partial charge in [-0.3, -0.25) is 0 Å². The Balaban J connectivity index is 2.21. The van der Waals surface area contributed by atoms with E-state index in [0.29, 0.717) is 6.04 Å². The molecule has 84 valence electrons.